The molecule has 4 N–H and O–H groups in total. The number of carbonyl (C=O) groups is 1. The van der Waals surface area contributed by atoms with Gasteiger partial charge in [0.05, 0.1) is 0 Å². The molecule has 0 rings (SSSR count). The van der Waals surface area contributed by atoms with E-state index in [1.54, 1.807) is 0 Å². The van der Waals surface area contributed by atoms with Crippen molar-refractivity contribution in [2.75, 3.05) is 0 Å². The minimum Gasteiger partial charge on any atom is -0.243 e. The van der Waals surface area contributed by atoms with Crippen molar-refractivity contribution < 1.29 is 25.9 Å². The maximum Gasteiger partial charge on any atom is 0.378 e. The van der Waals surface area contributed by atoms with Gasteiger partial charge in [0.1, 0.15) is 0 Å². The Hall–Kier alpha value is 0.458. The second-order valence-corrected chi connectivity index (χ2v) is 1.63. The predicted octanol–water partition coefficient (Wildman–Crippen LogP) is -0.237. The monoisotopic (exact) mass is 353 g/mol. The van der Waals surface area contributed by atoms with E-state index in [0.29, 0.717) is 0 Å². The summed E-state index contributed by atoms with van der Waals surface area (Å²) < 4.78 is 0.486. The number of rotatable bonds is 0. The van der Waals surface area contributed by atoms with Crippen LogP contribution in [0.15, 0.2) is 0 Å². The van der Waals surface area contributed by atoms with E-state index < -0.39 is 6.03 Å². The summed E-state index contributed by atoms with van der Waals surface area (Å²) in [6.07, 6.45) is 0. The first-order chi connectivity index (χ1) is 3.55. The molecule has 8 heteroatoms. The number of hydrogen-bond acceptors (Lipinski definition) is 3. The average molecular weight is 354 g/mol. The summed E-state index contributed by atoms with van der Waals surface area (Å²) in [4.78, 5) is 10.2. The quantitative estimate of drug-likeness (QED) is 0.273. The fraction of sp³-hybridized carbons (Fsp3) is 0. The summed E-state index contributed by atoms with van der Waals surface area (Å²) in [5.41, 5.74) is 0. The van der Waals surface area contributed by atoms with Crippen molar-refractivity contribution >= 4 is 29.6 Å². The first kappa shape index (κ1) is 12.2. The van der Waals surface area contributed by atoms with E-state index in [2.05, 4.69) is 11.7 Å². The molecule has 0 aromatic heterocycles. The van der Waals surface area contributed by atoms with Gasteiger partial charge in [0.15, 0.2) is 0 Å². The molecule has 0 saturated heterocycles. The van der Waals surface area contributed by atoms with Gasteiger partial charge in [0.25, 0.3) is 0 Å². The number of amides is 2. The second kappa shape index (κ2) is 5.26. The van der Waals surface area contributed by atoms with Gasteiger partial charge in [-0.05, 0) is 0 Å². The summed E-state index contributed by atoms with van der Waals surface area (Å²) >= 11 is 9.76. The largest absolute Gasteiger partial charge is 0.378 e. The SMILES string of the molecule is NN(Cl)C(=O)N(N)Cl.[Pt]. The molecule has 0 aliphatic heterocycles. The molecule has 58 valence electrons. The summed E-state index contributed by atoms with van der Waals surface area (Å²) in [6.45, 7) is 0. The topological polar surface area (TPSA) is 75.6 Å². The fourth-order valence-corrected chi connectivity index (χ4v) is 0.293. The van der Waals surface area contributed by atoms with Gasteiger partial charge in [-0.3, -0.25) is 0 Å². The van der Waals surface area contributed by atoms with E-state index >= 15 is 0 Å². The van der Waals surface area contributed by atoms with E-state index in [1.165, 1.54) is 0 Å². The molecule has 5 nitrogen and oxygen atoms in total. The Kier molecular flexibility index (Phi) is 7.11. The summed E-state index contributed by atoms with van der Waals surface area (Å²) in [5.74, 6) is 9.36. The van der Waals surface area contributed by atoms with Gasteiger partial charge in [-0.15, -0.1) is 0 Å². The van der Waals surface area contributed by atoms with Crippen molar-refractivity contribution in [2.45, 2.75) is 0 Å². The van der Waals surface area contributed by atoms with E-state index in [1.807, 2.05) is 0 Å². The van der Waals surface area contributed by atoms with Crippen LogP contribution in [0.1, 0.15) is 0 Å². The zero-order valence-corrected chi connectivity index (χ0v) is 7.81. The number of halogens is 2. The first-order valence-corrected chi connectivity index (χ1v) is 2.18. The van der Waals surface area contributed by atoms with E-state index in [9.17, 15) is 4.79 Å². The Morgan fingerprint density at radius 3 is 1.44 bits per heavy atom. The second-order valence-electron chi connectivity index (χ2n) is 0.905. The molecule has 0 heterocycles. The summed E-state index contributed by atoms with van der Waals surface area (Å²) in [6, 6.07) is -0.895. The predicted molar refractivity (Wildman–Crippen MR) is 29.2 cm³/mol. The molecule has 0 aliphatic rings. The van der Waals surface area contributed by atoms with Crippen LogP contribution in [-0.4, -0.2) is 15.1 Å². The van der Waals surface area contributed by atoms with Gasteiger partial charge in [0.2, 0.25) is 0 Å². The van der Waals surface area contributed by atoms with Crippen LogP contribution in [-0.2, 0) is 21.1 Å². The molecule has 2 amide bonds. The number of nitrogens with two attached hydrogens (primary N) is 2. The number of urea groups is 1. The molecule has 0 bridgehead atoms. The van der Waals surface area contributed by atoms with Crippen LogP contribution in [0.3, 0.4) is 0 Å². The minimum absolute atomic E-state index is 0. The van der Waals surface area contributed by atoms with Crippen LogP contribution < -0.4 is 11.7 Å². The van der Waals surface area contributed by atoms with Gasteiger partial charge in [-0.25, -0.2) is 16.5 Å². The van der Waals surface area contributed by atoms with Crippen molar-refractivity contribution in [3.05, 3.63) is 0 Å². The van der Waals surface area contributed by atoms with Crippen molar-refractivity contribution in [2.24, 2.45) is 11.7 Å². The van der Waals surface area contributed by atoms with E-state index in [0.717, 1.165) is 0 Å². The maximum atomic E-state index is 10.2. The van der Waals surface area contributed by atoms with Crippen LogP contribution in [0, 0.1) is 0 Å². The summed E-state index contributed by atoms with van der Waals surface area (Å²) in [7, 11) is 0. The molecule has 0 radical (unpaired) electrons. The third kappa shape index (κ3) is 4.93. The number of carbonyl (C=O) groups excluding carboxylic acids is 1. The molecule has 0 atom stereocenters. The van der Waals surface area contributed by atoms with Gasteiger partial charge in [0, 0.05) is 44.6 Å². The van der Waals surface area contributed by atoms with Gasteiger partial charge < -0.3 is 0 Å². The van der Waals surface area contributed by atoms with Gasteiger partial charge >= 0.3 is 6.03 Å². The Balaban J connectivity index is 0. The Labute approximate surface area is 76.3 Å². The molecule has 0 aliphatic carbocycles. The van der Waals surface area contributed by atoms with Crippen molar-refractivity contribution in [1.29, 1.82) is 0 Å². The molecule has 0 aromatic carbocycles. The van der Waals surface area contributed by atoms with Gasteiger partial charge in [-0.2, -0.15) is 9.06 Å². The number of hydrazine groups is 2. The standard InChI is InChI=1S/CH4Cl2N4O.Pt/c2-6(4)1(8)7(3)5;/h4-5H2;. The Bertz CT molecular complexity index is 86.6. The smallest absolute Gasteiger partial charge is 0.243 e. The molecular weight excluding hydrogens is 350 g/mol. The van der Waals surface area contributed by atoms with Gasteiger partial charge in [-0.1, -0.05) is 0 Å². The van der Waals surface area contributed by atoms with E-state index in [-0.39, 0.29) is 30.1 Å². The minimum atomic E-state index is -0.895. The zero-order chi connectivity index (χ0) is 6.73. The van der Waals surface area contributed by atoms with Crippen molar-refractivity contribution in [3.8, 4) is 0 Å². The molecule has 0 spiro atoms. The van der Waals surface area contributed by atoms with Crippen LogP contribution in [0.25, 0.3) is 0 Å². The summed E-state index contributed by atoms with van der Waals surface area (Å²) in [5, 5.41) is 0. The maximum absolute atomic E-state index is 10.2. The first-order valence-electron chi connectivity index (χ1n) is 1.51. The number of hydrogen-bond donors (Lipinski definition) is 2. The fourth-order valence-electron chi connectivity index (χ4n) is 0.0913. The molecule has 0 aromatic rings. The normalized spacial score (nSPS) is 7.56. The third-order valence-electron chi connectivity index (χ3n) is 0.365. The van der Waals surface area contributed by atoms with Crippen LogP contribution >= 0.6 is 23.6 Å². The van der Waals surface area contributed by atoms with Crippen LogP contribution in [0.4, 0.5) is 4.79 Å². The average Bonchev–Trinajstić information content (AvgIpc) is 1.64. The Morgan fingerprint density at radius 2 is 1.44 bits per heavy atom. The third-order valence-corrected chi connectivity index (χ3v) is 0.655. The van der Waals surface area contributed by atoms with E-state index in [4.69, 9.17) is 23.6 Å². The van der Waals surface area contributed by atoms with Crippen molar-refractivity contribution in [3.63, 3.8) is 0 Å². The van der Waals surface area contributed by atoms with Crippen LogP contribution in [0.2, 0.25) is 0 Å². The Morgan fingerprint density at radius 1 is 1.22 bits per heavy atom. The van der Waals surface area contributed by atoms with Crippen LogP contribution in [0.5, 0.6) is 0 Å². The molecule has 0 fully saturated rings. The molecule has 0 unspecified atom stereocenters. The molecule has 9 heavy (non-hydrogen) atoms. The molecule has 0 saturated carbocycles. The zero-order valence-electron chi connectivity index (χ0n) is 4.03. The number of nitrogens with zero attached hydrogens (tertiary/aromatic N) is 2. The molecular formula is CH4Cl2N4OPt. The van der Waals surface area contributed by atoms with Crippen molar-refractivity contribution in [1.82, 2.24) is 9.06 Å².